The van der Waals surface area contributed by atoms with Gasteiger partial charge in [-0.05, 0) is 18.8 Å². The van der Waals surface area contributed by atoms with Crippen LogP contribution in [0.1, 0.15) is 33.4 Å². The van der Waals surface area contributed by atoms with Gasteiger partial charge in [0.1, 0.15) is 0 Å². The Balaban J connectivity index is 2.59. The van der Waals surface area contributed by atoms with E-state index in [4.69, 9.17) is 0 Å². The maximum Gasteiger partial charge on any atom is 0.182 e. The van der Waals surface area contributed by atoms with E-state index in [1.54, 1.807) is 11.3 Å². The fourth-order valence-electron chi connectivity index (χ4n) is 1.16. The van der Waals surface area contributed by atoms with Crippen LogP contribution in [0.5, 0.6) is 0 Å². The first-order chi connectivity index (χ1) is 6.01. The second-order valence-electron chi connectivity index (χ2n) is 4.41. The summed E-state index contributed by atoms with van der Waals surface area (Å²) in [6, 6.07) is 0. The van der Waals surface area contributed by atoms with Gasteiger partial charge in [-0.3, -0.25) is 0 Å². The van der Waals surface area contributed by atoms with Crippen LogP contribution in [0.25, 0.3) is 0 Å². The van der Waals surface area contributed by atoms with Gasteiger partial charge in [0.05, 0.1) is 5.69 Å². The minimum Gasteiger partial charge on any atom is -0.362 e. The lowest BCUT2D eigenvalue weighted by Crippen LogP contribution is -2.09. The Kier molecular flexibility index (Phi) is 3.31. The van der Waals surface area contributed by atoms with Gasteiger partial charge in [-0.1, -0.05) is 20.8 Å². The molecule has 74 valence electrons. The van der Waals surface area contributed by atoms with Gasteiger partial charge < -0.3 is 5.32 Å². The summed E-state index contributed by atoms with van der Waals surface area (Å²) in [6.45, 7) is 9.74. The SMILES string of the molecule is CCNc1nc(CC(C)(C)C)cs1. The molecule has 2 nitrogen and oxygen atoms in total. The topological polar surface area (TPSA) is 24.9 Å². The molecule has 0 aliphatic carbocycles. The molecule has 0 fully saturated rings. The van der Waals surface area contributed by atoms with Crippen LogP contribution in [-0.2, 0) is 6.42 Å². The maximum absolute atomic E-state index is 4.49. The summed E-state index contributed by atoms with van der Waals surface area (Å²) in [5.41, 5.74) is 1.53. The second-order valence-corrected chi connectivity index (χ2v) is 5.27. The number of rotatable bonds is 3. The van der Waals surface area contributed by atoms with Crippen LogP contribution in [0.3, 0.4) is 0 Å². The fraction of sp³-hybridized carbons (Fsp3) is 0.700. The monoisotopic (exact) mass is 198 g/mol. The molecule has 0 spiro atoms. The van der Waals surface area contributed by atoms with Crippen LogP contribution in [0.2, 0.25) is 0 Å². The van der Waals surface area contributed by atoms with E-state index in [2.05, 4.69) is 43.4 Å². The van der Waals surface area contributed by atoms with Crippen LogP contribution in [0, 0.1) is 5.41 Å². The Morgan fingerprint density at radius 1 is 1.46 bits per heavy atom. The number of thiazole rings is 1. The molecular formula is C10H18N2S. The molecule has 1 heterocycles. The number of hydrogen-bond acceptors (Lipinski definition) is 3. The predicted molar refractivity (Wildman–Crippen MR) is 59.4 cm³/mol. The third kappa shape index (κ3) is 3.77. The molecule has 0 aliphatic heterocycles. The summed E-state index contributed by atoms with van der Waals surface area (Å²) >= 11 is 1.69. The summed E-state index contributed by atoms with van der Waals surface area (Å²) in [7, 11) is 0. The van der Waals surface area contributed by atoms with E-state index >= 15 is 0 Å². The minimum atomic E-state index is 0.331. The molecular weight excluding hydrogens is 180 g/mol. The third-order valence-electron chi connectivity index (χ3n) is 1.59. The number of nitrogens with one attached hydrogen (secondary N) is 1. The molecule has 0 atom stereocenters. The zero-order chi connectivity index (χ0) is 9.90. The first-order valence-electron chi connectivity index (χ1n) is 4.69. The zero-order valence-corrected chi connectivity index (χ0v) is 9.66. The predicted octanol–water partition coefficient (Wildman–Crippen LogP) is 3.16. The highest BCUT2D eigenvalue weighted by molar-refractivity contribution is 7.13. The summed E-state index contributed by atoms with van der Waals surface area (Å²) in [5.74, 6) is 0. The summed E-state index contributed by atoms with van der Waals surface area (Å²) in [6.07, 6.45) is 1.05. The Morgan fingerprint density at radius 2 is 2.15 bits per heavy atom. The summed E-state index contributed by atoms with van der Waals surface area (Å²) < 4.78 is 0. The Bertz CT molecular complexity index is 260. The van der Waals surface area contributed by atoms with Gasteiger partial charge in [0.2, 0.25) is 0 Å². The van der Waals surface area contributed by atoms with Gasteiger partial charge in [0.25, 0.3) is 0 Å². The Morgan fingerprint density at radius 3 is 2.69 bits per heavy atom. The van der Waals surface area contributed by atoms with E-state index in [0.717, 1.165) is 18.1 Å². The lowest BCUT2D eigenvalue weighted by atomic mass is 9.91. The molecule has 13 heavy (non-hydrogen) atoms. The van der Waals surface area contributed by atoms with Crippen LogP contribution < -0.4 is 5.32 Å². The zero-order valence-electron chi connectivity index (χ0n) is 8.85. The van der Waals surface area contributed by atoms with E-state index in [1.165, 1.54) is 5.69 Å². The van der Waals surface area contributed by atoms with Crippen molar-refractivity contribution in [1.29, 1.82) is 0 Å². The first-order valence-corrected chi connectivity index (χ1v) is 5.57. The largest absolute Gasteiger partial charge is 0.362 e. The van der Waals surface area contributed by atoms with Gasteiger partial charge in [-0.25, -0.2) is 4.98 Å². The van der Waals surface area contributed by atoms with Crippen LogP contribution >= 0.6 is 11.3 Å². The van der Waals surface area contributed by atoms with Gasteiger partial charge in [-0.15, -0.1) is 11.3 Å². The molecule has 0 bridgehead atoms. The Hall–Kier alpha value is -0.570. The molecule has 0 saturated heterocycles. The highest BCUT2D eigenvalue weighted by Gasteiger charge is 2.13. The molecule has 1 N–H and O–H groups in total. The summed E-state index contributed by atoms with van der Waals surface area (Å²) in [5, 5.41) is 6.41. The lowest BCUT2D eigenvalue weighted by molar-refractivity contribution is 0.407. The molecule has 0 unspecified atom stereocenters. The standard InChI is InChI=1S/C10H18N2S/c1-5-11-9-12-8(7-13-9)6-10(2,3)4/h7H,5-6H2,1-4H3,(H,11,12). The van der Waals surface area contributed by atoms with Crippen LogP contribution in [0.4, 0.5) is 5.13 Å². The molecule has 0 aliphatic rings. The smallest absolute Gasteiger partial charge is 0.182 e. The van der Waals surface area contributed by atoms with Crippen LogP contribution in [-0.4, -0.2) is 11.5 Å². The van der Waals surface area contributed by atoms with Crippen molar-refractivity contribution in [3.63, 3.8) is 0 Å². The van der Waals surface area contributed by atoms with Crippen molar-refractivity contribution in [2.24, 2.45) is 5.41 Å². The van der Waals surface area contributed by atoms with Gasteiger partial charge in [-0.2, -0.15) is 0 Å². The average molecular weight is 198 g/mol. The summed E-state index contributed by atoms with van der Waals surface area (Å²) in [4.78, 5) is 4.49. The molecule has 0 radical (unpaired) electrons. The van der Waals surface area contributed by atoms with Crippen molar-refractivity contribution < 1.29 is 0 Å². The normalized spacial score (nSPS) is 11.7. The first kappa shape index (κ1) is 10.5. The Labute approximate surface area is 84.4 Å². The maximum atomic E-state index is 4.49. The molecule has 0 saturated carbocycles. The molecule has 3 heteroatoms. The third-order valence-corrected chi connectivity index (χ3v) is 2.44. The highest BCUT2D eigenvalue weighted by atomic mass is 32.1. The van der Waals surface area contributed by atoms with E-state index < -0.39 is 0 Å². The number of nitrogens with zero attached hydrogens (tertiary/aromatic N) is 1. The van der Waals surface area contributed by atoms with E-state index in [9.17, 15) is 0 Å². The molecule has 1 aromatic rings. The average Bonchev–Trinajstić information content (AvgIpc) is 2.33. The second kappa shape index (κ2) is 4.09. The molecule has 0 amide bonds. The fourth-order valence-corrected chi connectivity index (χ4v) is 1.95. The van der Waals surface area contributed by atoms with Gasteiger partial charge in [0.15, 0.2) is 5.13 Å². The molecule has 0 aromatic carbocycles. The lowest BCUT2D eigenvalue weighted by Gasteiger charge is -2.15. The number of aromatic nitrogens is 1. The van der Waals surface area contributed by atoms with Gasteiger partial charge >= 0.3 is 0 Å². The van der Waals surface area contributed by atoms with Crippen molar-refractivity contribution in [3.05, 3.63) is 11.1 Å². The van der Waals surface area contributed by atoms with Crippen molar-refractivity contribution in [2.45, 2.75) is 34.1 Å². The quantitative estimate of drug-likeness (QED) is 0.807. The van der Waals surface area contributed by atoms with E-state index in [1.807, 2.05) is 0 Å². The van der Waals surface area contributed by atoms with Crippen LogP contribution in [0.15, 0.2) is 5.38 Å². The van der Waals surface area contributed by atoms with Crippen molar-refractivity contribution in [3.8, 4) is 0 Å². The number of hydrogen-bond donors (Lipinski definition) is 1. The number of anilines is 1. The van der Waals surface area contributed by atoms with E-state index in [0.29, 0.717) is 5.41 Å². The van der Waals surface area contributed by atoms with Gasteiger partial charge in [0, 0.05) is 11.9 Å². The van der Waals surface area contributed by atoms with Crippen molar-refractivity contribution in [2.75, 3.05) is 11.9 Å². The molecule has 1 rings (SSSR count). The minimum absolute atomic E-state index is 0.331. The van der Waals surface area contributed by atoms with Crippen molar-refractivity contribution in [1.82, 2.24) is 4.98 Å². The highest BCUT2D eigenvalue weighted by Crippen LogP contribution is 2.23. The van der Waals surface area contributed by atoms with Crippen molar-refractivity contribution >= 4 is 16.5 Å². The van der Waals surface area contributed by atoms with E-state index in [-0.39, 0.29) is 0 Å². The molecule has 1 aromatic heterocycles.